The van der Waals surface area contributed by atoms with E-state index in [0.717, 1.165) is 5.56 Å². The van der Waals surface area contributed by atoms with E-state index < -0.39 is 12.0 Å². The number of ether oxygens (including phenoxy) is 2. The number of benzene rings is 1. The molecular weight excluding hydrogens is 308 g/mol. The molecule has 0 unspecified atom stereocenters. The van der Waals surface area contributed by atoms with E-state index in [4.69, 9.17) is 14.7 Å². The monoisotopic (exact) mass is 328 g/mol. The Kier molecular flexibility index (Phi) is 6.51. The van der Waals surface area contributed by atoms with Crippen molar-refractivity contribution in [3.05, 3.63) is 29.3 Å². The second-order valence-electron chi connectivity index (χ2n) is 4.75. The summed E-state index contributed by atoms with van der Waals surface area (Å²) in [5, 5.41) is 8.65. The minimum atomic E-state index is -0.610. The second kappa shape index (κ2) is 7.90. The summed E-state index contributed by atoms with van der Waals surface area (Å²) >= 11 is 0. The first kappa shape index (κ1) is 18.1. The highest BCUT2D eigenvalue weighted by Gasteiger charge is 2.27. The molecule has 8 heteroatoms. The Morgan fingerprint density at radius 2 is 2.23 bits per heavy atom. The minimum absolute atomic E-state index is 0. The second-order valence-corrected chi connectivity index (χ2v) is 4.75. The van der Waals surface area contributed by atoms with Crippen LogP contribution < -0.4 is 10.2 Å². The number of fused-ring (bicyclic) bond motifs is 1. The summed E-state index contributed by atoms with van der Waals surface area (Å²) in [6, 6.07) is 4.66. The molecule has 0 fully saturated rings. The molecule has 0 saturated carbocycles. The van der Waals surface area contributed by atoms with E-state index in [1.54, 1.807) is 35.5 Å². The van der Waals surface area contributed by atoms with E-state index in [1.165, 1.54) is 0 Å². The van der Waals surface area contributed by atoms with Gasteiger partial charge in [0, 0.05) is 11.1 Å². The number of hydrogen-bond donors (Lipinski definition) is 2. The molecule has 0 spiro atoms. The maximum absolute atomic E-state index is 11.9. The van der Waals surface area contributed by atoms with Crippen molar-refractivity contribution in [2.45, 2.75) is 26.4 Å². The molecule has 2 amide bonds. The summed E-state index contributed by atoms with van der Waals surface area (Å²) in [5.74, 6) is -0.0873. The lowest BCUT2D eigenvalue weighted by Crippen LogP contribution is -2.40. The zero-order chi connectivity index (χ0) is 15.4. The van der Waals surface area contributed by atoms with Gasteiger partial charge in [-0.3, -0.25) is 14.9 Å². The summed E-state index contributed by atoms with van der Waals surface area (Å²) in [5.41, 5.74) is 2.64. The van der Waals surface area contributed by atoms with Crippen LogP contribution in [0.1, 0.15) is 29.8 Å². The fourth-order valence-corrected chi connectivity index (χ4v) is 2.12. The van der Waals surface area contributed by atoms with Crippen molar-refractivity contribution in [1.82, 2.24) is 10.4 Å². The number of hydrogen-bond acceptors (Lipinski definition) is 5. The smallest absolute Gasteiger partial charge is 0.410 e. The van der Waals surface area contributed by atoms with E-state index >= 15 is 0 Å². The molecule has 2 N–H and O–H groups in total. The van der Waals surface area contributed by atoms with Crippen LogP contribution in [0.25, 0.3) is 0 Å². The van der Waals surface area contributed by atoms with Crippen molar-refractivity contribution >= 4 is 25.5 Å². The summed E-state index contributed by atoms with van der Waals surface area (Å²) in [6.07, 6.45) is -0.390. The van der Waals surface area contributed by atoms with Gasteiger partial charge in [-0.05, 0) is 26.0 Å². The molecular formula is C14H20N2O5S. The first-order chi connectivity index (χ1) is 10.1. The maximum atomic E-state index is 11.9. The molecule has 0 aromatic heterocycles. The molecule has 122 valence electrons. The highest BCUT2D eigenvalue weighted by molar-refractivity contribution is 7.59. The molecule has 0 saturated heterocycles. The van der Waals surface area contributed by atoms with Gasteiger partial charge in [0.2, 0.25) is 0 Å². The molecule has 1 aliphatic heterocycles. The van der Waals surface area contributed by atoms with Crippen molar-refractivity contribution in [3.63, 3.8) is 0 Å². The summed E-state index contributed by atoms with van der Waals surface area (Å²) in [4.78, 5) is 24.9. The van der Waals surface area contributed by atoms with Gasteiger partial charge >= 0.3 is 6.09 Å². The van der Waals surface area contributed by atoms with Crippen LogP contribution in [-0.4, -0.2) is 41.4 Å². The Balaban J connectivity index is 0.00000242. The third-order valence-corrected chi connectivity index (χ3v) is 3.29. The highest BCUT2D eigenvalue weighted by Crippen LogP contribution is 2.26. The molecule has 2 rings (SSSR count). The zero-order valence-corrected chi connectivity index (χ0v) is 13.5. The van der Waals surface area contributed by atoms with Crippen molar-refractivity contribution in [2.24, 2.45) is 0 Å². The first-order valence-corrected chi connectivity index (χ1v) is 6.70. The van der Waals surface area contributed by atoms with E-state index in [-0.39, 0.29) is 25.1 Å². The predicted octanol–water partition coefficient (Wildman–Crippen LogP) is 1.66. The molecule has 0 radical (unpaired) electrons. The fourth-order valence-electron chi connectivity index (χ4n) is 2.12. The topological polar surface area (TPSA) is 88.1 Å². The standard InChI is InChI=1S/C14H18N2O5.H2S/c1-3-20-14(18)16-7-11-5-4-10(13(17)15-19)6-12(11)21-8-9(16)2;/h4-6,9,19H,3,7-8H2,1-2H3,(H,15,17);1H2/t9-;/m0./s1. The molecule has 1 aromatic carbocycles. The van der Waals surface area contributed by atoms with Crippen LogP contribution in [0.4, 0.5) is 4.79 Å². The molecule has 1 aromatic rings. The van der Waals surface area contributed by atoms with E-state index in [9.17, 15) is 9.59 Å². The lowest BCUT2D eigenvalue weighted by atomic mass is 10.1. The fraction of sp³-hybridized carbons (Fsp3) is 0.429. The Hall–Kier alpha value is -1.93. The molecule has 0 aliphatic carbocycles. The largest absolute Gasteiger partial charge is 0.491 e. The molecule has 7 nitrogen and oxygen atoms in total. The third kappa shape index (κ3) is 3.83. The quantitative estimate of drug-likeness (QED) is 0.637. The van der Waals surface area contributed by atoms with Gasteiger partial charge in [-0.25, -0.2) is 10.3 Å². The van der Waals surface area contributed by atoms with Gasteiger partial charge in [-0.1, -0.05) is 6.07 Å². The van der Waals surface area contributed by atoms with Crippen molar-refractivity contribution in [1.29, 1.82) is 0 Å². The van der Waals surface area contributed by atoms with Crippen molar-refractivity contribution < 1.29 is 24.3 Å². The van der Waals surface area contributed by atoms with Crippen molar-refractivity contribution in [3.8, 4) is 5.75 Å². The lowest BCUT2D eigenvalue weighted by Gasteiger charge is -2.25. The average molecular weight is 328 g/mol. The average Bonchev–Trinajstić information content (AvgIpc) is 2.65. The van der Waals surface area contributed by atoms with Crippen LogP contribution in [0.2, 0.25) is 0 Å². The van der Waals surface area contributed by atoms with E-state index in [2.05, 4.69) is 0 Å². The number of nitrogens with one attached hydrogen (secondary N) is 1. The van der Waals surface area contributed by atoms with Gasteiger partial charge < -0.3 is 9.47 Å². The predicted molar refractivity (Wildman–Crippen MR) is 83.6 cm³/mol. The molecule has 1 heterocycles. The summed E-state index contributed by atoms with van der Waals surface area (Å²) < 4.78 is 10.7. The van der Waals surface area contributed by atoms with Gasteiger partial charge in [0.25, 0.3) is 5.91 Å². The normalized spacial score (nSPS) is 16.5. The van der Waals surface area contributed by atoms with Crippen LogP contribution >= 0.6 is 13.5 Å². The van der Waals surface area contributed by atoms with Gasteiger partial charge in [0.1, 0.15) is 12.4 Å². The SMILES string of the molecule is CCOC(=O)N1Cc2ccc(C(=O)NO)cc2OC[C@@H]1C.S. The molecule has 1 atom stereocenters. The lowest BCUT2D eigenvalue weighted by molar-refractivity contribution is 0.0706. The molecule has 22 heavy (non-hydrogen) atoms. The van der Waals surface area contributed by atoms with Gasteiger partial charge in [0.15, 0.2) is 0 Å². The van der Waals surface area contributed by atoms with E-state index in [0.29, 0.717) is 25.5 Å². The molecule has 0 bridgehead atoms. The third-order valence-electron chi connectivity index (χ3n) is 3.29. The number of carbonyl (C=O) groups excluding carboxylic acids is 2. The van der Waals surface area contributed by atoms with Crippen molar-refractivity contribution in [2.75, 3.05) is 13.2 Å². The Morgan fingerprint density at radius 3 is 2.86 bits per heavy atom. The van der Waals surface area contributed by atoms with Crippen LogP contribution in [0, 0.1) is 0 Å². The van der Waals surface area contributed by atoms with E-state index in [1.807, 2.05) is 6.92 Å². The van der Waals surface area contributed by atoms with Crippen LogP contribution in [0.3, 0.4) is 0 Å². The van der Waals surface area contributed by atoms with Crippen LogP contribution in [0.5, 0.6) is 5.75 Å². The van der Waals surface area contributed by atoms with Crippen LogP contribution in [0.15, 0.2) is 18.2 Å². The first-order valence-electron chi connectivity index (χ1n) is 6.70. The number of carbonyl (C=O) groups is 2. The zero-order valence-electron chi connectivity index (χ0n) is 12.5. The number of nitrogens with zero attached hydrogens (tertiary/aromatic N) is 1. The summed E-state index contributed by atoms with van der Waals surface area (Å²) in [6.45, 7) is 4.58. The summed E-state index contributed by atoms with van der Waals surface area (Å²) in [7, 11) is 0. The molecule has 1 aliphatic rings. The van der Waals surface area contributed by atoms with Crippen LogP contribution in [-0.2, 0) is 11.3 Å². The Morgan fingerprint density at radius 1 is 1.50 bits per heavy atom. The van der Waals surface area contributed by atoms with Gasteiger partial charge in [0.05, 0.1) is 19.2 Å². The number of rotatable bonds is 2. The minimum Gasteiger partial charge on any atom is -0.491 e. The maximum Gasteiger partial charge on any atom is 0.410 e. The van der Waals surface area contributed by atoms with Gasteiger partial charge in [-0.2, -0.15) is 13.5 Å². The Labute approximate surface area is 135 Å². The Bertz CT molecular complexity index is 552. The number of hydroxylamine groups is 1. The number of amides is 2. The van der Waals surface area contributed by atoms with Gasteiger partial charge in [-0.15, -0.1) is 0 Å². The highest BCUT2D eigenvalue weighted by atomic mass is 32.1.